The van der Waals surface area contributed by atoms with E-state index in [2.05, 4.69) is 0 Å². The highest BCUT2D eigenvalue weighted by molar-refractivity contribution is 6.46. The van der Waals surface area contributed by atoms with Gasteiger partial charge in [-0.05, 0) is 50.1 Å². The summed E-state index contributed by atoms with van der Waals surface area (Å²) in [7, 11) is 1.44. The van der Waals surface area contributed by atoms with Gasteiger partial charge in [0.2, 0.25) is 0 Å². The average molecular weight is 440 g/mol. The highest BCUT2D eigenvalue weighted by Gasteiger charge is 2.46. The van der Waals surface area contributed by atoms with Gasteiger partial charge in [-0.1, -0.05) is 31.5 Å². The van der Waals surface area contributed by atoms with Crippen LogP contribution in [0.3, 0.4) is 0 Å². The number of hydrogen-bond acceptors (Lipinski definition) is 6. The maximum atomic E-state index is 13.0. The lowest BCUT2D eigenvalue weighted by Gasteiger charge is -2.25. The van der Waals surface area contributed by atoms with E-state index in [4.69, 9.17) is 9.47 Å². The highest BCUT2D eigenvalue weighted by atomic mass is 16.5. The molecule has 32 heavy (non-hydrogen) atoms. The van der Waals surface area contributed by atoms with Crippen molar-refractivity contribution in [2.75, 3.05) is 13.7 Å². The molecule has 1 fully saturated rings. The molecule has 0 saturated carbocycles. The summed E-state index contributed by atoms with van der Waals surface area (Å²) in [6.07, 6.45) is 1.47. The van der Waals surface area contributed by atoms with Gasteiger partial charge in [0.15, 0.2) is 11.5 Å². The Morgan fingerprint density at radius 3 is 2.53 bits per heavy atom. The predicted molar refractivity (Wildman–Crippen MR) is 121 cm³/mol. The second-order valence-corrected chi connectivity index (χ2v) is 7.97. The lowest BCUT2D eigenvalue weighted by Crippen LogP contribution is -2.30. The number of carbonyl (C=O) groups is 2. The number of nitrogens with zero attached hydrogens (tertiary/aromatic N) is 1. The summed E-state index contributed by atoms with van der Waals surface area (Å²) < 4.78 is 10.8. The van der Waals surface area contributed by atoms with Gasteiger partial charge in [0.05, 0.1) is 24.8 Å². The quantitative estimate of drug-likeness (QED) is 0.359. The second kappa shape index (κ2) is 9.77. The minimum Gasteiger partial charge on any atom is -0.507 e. The third-order valence-corrected chi connectivity index (χ3v) is 5.29. The first-order valence-electron chi connectivity index (χ1n) is 10.7. The molecule has 1 aliphatic rings. The van der Waals surface area contributed by atoms with Crippen LogP contribution >= 0.6 is 0 Å². The van der Waals surface area contributed by atoms with Gasteiger partial charge in [-0.15, -0.1) is 0 Å². The number of hydrogen-bond donors (Lipinski definition) is 2. The zero-order valence-corrected chi connectivity index (χ0v) is 18.8. The molecule has 1 heterocycles. The number of aromatic hydroxyl groups is 1. The number of unbranched alkanes of at least 4 members (excludes halogenated alkanes) is 1. The lowest BCUT2D eigenvalue weighted by atomic mass is 9.95. The Bertz CT molecular complexity index is 1040. The Morgan fingerprint density at radius 1 is 1.16 bits per heavy atom. The minimum atomic E-state index is -0.826. The van der Waals surface area contributed by atoms with Crippen LogP contribution in [0, 0.1) is 0 Å². The Hall–Kier alpha value is -3.48. The van der Waals surface area contributed by atoms with E-state index in [9.17, 15) is 19.8 Å². The molecule has 3 rings (SSSR count). The highest BCUT2D eigenvalue weighted by Crippen LogP contribution is 2.42. The van der Waals surface area contributed by atoms with Gasteiger partial charge in [-0.2, -0.15) is 0 Å². The summed E-state index contributed by atoms with van der Waals surface area (Å²) in [6.45, 7) is 6.13. The van der Waals surface area contributed by atoms with Crippen LogP contribution in [0.25, 0.3) is 5.76 Å². The SMILES string of the molecule is CCCCN1C(=O)C(=O)/C(=C(\O)c2cccc(OC(C)C)c2)C1c1ccc(OC)c(O)c1. The molecule has 1 atom stereocenters. The molecule has 1 saturated heterocycles. The average Bonchev–Trinajstić information content (AvgIpc) is 3.01. The van der Waals surface area contributed by atoms with Crippen LogP contribution in [0.1, 0.15) is 50.8 Å². The lowest BCUT2D eigenvalue weighted by molar-refractivity contribution is -0.139. The Labute approximate surface area is 187 Å². The van der Waals surface area contributed by atoms with E-state index in [0.717, 1.165) is 6.42 Å². The van der Waals surface area contributed by atoms with Crippen molar-refractivity contribution in [1.29, 1.82) is 0 Å². The predicted octanol–water partition coefficient (Wildman–Crippen LogP) is 4.41. The van der Waals surface area contributed by atoms with Crippen LogP contribution in [0.5, 0.6) is 17.2 Å². The maximum absolute atomic E-state index is 13.0. The summed E-state index contributed by atoms with van der Waals surface area (Å²) >= 11 is 0. The zero-order valence-electron chi connectivity index (χ0n) is 18.8. The fourth-order valence-corrected chi connectivity index (χ4v) is 3.81. The molecule has 2 aromatic carbocycles. The first kappa shape index (κ1) is 23.2. The first-order valence-corrected chi connectivity index (χ1v) is 10.7. The topological polar surface area (TPSA) is 96.3 Å². The largest absolute Gasteiger partial charge is 0.507 e. The van der Waals surface area contributed by atoms with Crippen molar-refractivity contribution >= 4 is 17.4 Å². The molecular weight excluding hydrogens is 410 g/mol. The van der Waals surface area contributed by atoms with E-state index in [1.54, 1.807) is 36.4 Å². The first-order chi connectivity index (χ1) is 15.3. The second-order valence-electron chi connectivity index (χ2n) is 7.97. The van der Waals surface area contributed by atoms with Crippen LogP contribution < -0.4 is 9.47 Å². The molecule has 1 amide bonds. The number of rotatable bonds is 8. The van der Waals surface area contributed by atoms with E-state index in [-0.39, 0.29) is 28.9 Å². The maximum Gasteiger partial charge on any atom is 0.295 e. The molecule has 1 aliphatic heterocycles. The van der Waals surface area contributed by atoms with Crippen molar-refractivity contribution in [3.05, 3.63) is 59.2 Å². The number of ether oxygens (including phenoxy) is 2. The van der Waals surface area contributed by atoms with E-state index in [1.807, 2.05) is 20.8 Å². The third kappa shape index (κ3) is 4.56. The molecule has 2 aromatic rings. The van der Waals surface area contributed by atoms with Gasteiger partial charge in [-0.3, -0.25) is 9.59 Å². The zero-order chi connectivity index (χ0) is 23.4. The Balaban J connectivity index is 2.15. The Kier molecular flexibility index (Phi) is 7.08. The number of aliphatic hydroxyl groups excluding tert-OH is 1. The Morgan fingerprint density at radius 2 is 1.91 bits per heavy atom. The van der Waals surface area contributed by atoms with E-state index >= 15 is 0 Å². The van der Waals surface area contributed by atoms with Gasteiger partial charge in [0.1, 0.15) is 11.5 Å². The van der Waals surface area contributed by atoms with E-state index in [0.29, 0.717) is 29.8 Å². The van der Waals surface area contributed by atoms with Gasteiger partial charge in [-0.25, -0.2) is 0 Å². The summed E-state index contributed by atoms with van der Waals surface area (Å²) in [5, 5.41) is 21.4. The molecule has 7 nitrogen and oxygen atoms in total. The van der Waals surface area contributed by atoms with Gasteiger partial charge in [0.25, 0.3) is 11.7 Å². The number of carbonyl (C=O) groups excluding carboxylic acids is 2. The molecule has 7 heteroatoms. The van der Waals surface area contributed by atoms with Crippen molar-refractivity contribution in [2.24, 2.45) is 0 Å². The molecule has 0 aliphatic carbocycles. The molecule has 0 spiro atoms. The van der Waals surface area contributed by atoms with Crippen molar-refractivity contribution in [1.82, 2.24) is 4.90 Å². The van der Waals surface area contributed by atoms with Crippen molar-refractivity contribution in [3.63, 3.8) is 0 Å². The van der Waals surface area contributed by atoms with Crippen molar-refractivity contribution in [3.8, 4) is 17.2 Å². The van der Waals surface area contributed by atoms with Crippen LogP contribution in [0.2, 0.25) is 0 Å². The summed E-state index contributed by atoms with van der Waals surface area (Å²) in [4.78, 5) is 27.4. The summed E-state index contributed by atoms with van der Waals surface area (Å²) in [6, 6.07) is 10.7. The minimum absolute atomic E-state index is 0.0163. The molecule has 2 N–H and O–H groups in total. The standard InChI is InChI=1S/C25H29NO6/c1-5-6-12-26-22(16-10-11-20(31-4)19(27)14-16)21(24(29)25(26)30)23(28)17-8-7-9-18(13-17)32-15(2)3/h7-11,13-15,22,27-28H,5-6,12H2,1-4H3/b23-21-. The number of Topliss-reactive ketones (excluding diaryl/α,β-unsaturated/α-hetero) is 1. The van der Waals surface area contributed by atoms with Crippen LogP contribution in [-0.4, -0.2) is 46.6 Å². The van der Waals surface area contributed by atoms with Gasteiger partial charge >= 0.3 is 0 Å². The molecule has 0 bridgehead atoms. The molecular formula is C25H29NO6. The number of aliphatic hydroxyl groups is 1. The monoisotopic (exact) mass is 439 g/mol. The molecule has 0 radical (unpaired) electrons. The van der Waals surface area contributed by atoms with Crippen molar-refractivity contribution < 1.29 is 29.3 Å². The fourth-order valence-electron chi connectivity index (χ4n) is 3.81. The normalized spacial score (nSPS) is 17.8. The third-order valence-electron chi connectivity index (χ3n) is 5.29. The van der Waals surface area contributed by atoms with Crippen molar-refractivity contribution in [2.45, 2.75) is 45.8 Å². The smallest absolute Gasteiger partial charge is 0.295 e. The number of ketones is 1. The molecule has 0 aromatic heterocycles. The number of likely N-dealkylation sites (tertiary alicyclic amines) is 1. The van der Waals surface area contributed by atoms with Gasteiger partial charge in [0, 0.05) is 12.1 Å². The number of phenolic OH excluding ortho intramolecular Hbond substituents is 1. The number of amides is 1. The number of methoxy groups -OCH3 is 1. The van der Waals surface area contributed by atoms with Crippen LogP contribution in [0.15, 0.2) is 48.0 Å². The van der Waals surface area contributed by atoms with Gasteiger partial charge < -0.3 is 24.6 Å². The van der Waals surface area contributed by atoms with E-state index < -0.39 is 17.7 Å². The summed E-state index contributed by atoms with van der Waals surface area (Å²) in [5.41, 5.74) is 0.867. The summed E-state index contributed by atoms with van der Waals surface area (Å²) in [5.74, 6) is -1.00. The number of benzene rings is 2. The molecule has 170 valence electrons. The number of phenols is 1. The van der Waals surface area contributed by atoms with Crippen LogP contribution in [-0.2, 0) is 9.59 Å². The fraction of sp³-hybridized carbons (Fsp3) is 0.360. The molecule has 1 unspecified atom stereocenters. The van der Waals surface area contributed by atoms with E-state index in [1.165, 1.54) is 18.1 Å². The van der Waals surface area contributed by atoms with Crippen LogP contribution in [0.4, 0.5) is 0 Å².